The van der Waals surface area contributed by atoms with Crippen LogP contribution in [0, 0.1) is 0 Å². The van der Waals surface area contributed by atoms with E-state index in [2.05, 4.69) is 37.8 Å². The third-order valence-corrected chi connectivity index (χ3v) is 5.38. The van der Waals surface area contributed by atoms with Gasteiger partial charge in [-0.05, 0) is 38.1 Å². The van der Waals surface area contributed by atoms with Crippen LogP contribution in [0.25, 0.3) is 0 Å². The van der Waals surface area contributed by atoms with Crippen molar-refractivity contribution in [3.05, 3.63) is 47.8 Å². The Kier molecular flexibility index (Phi) is 7.31. The number of para-hydroxylation sites is 1. The fraction of sp³-hybridized carbons (Fsp3) is 0.524. The highest BCUT2D eigenvalue weighted by Crippen LogP contribution is 2.30. The molecule has 3 rings (SSSR count). The summed E-state index contributed by atoms with van der Waals surface area (Å²) >= 11 is 0. The number of aliphatic imine (C=N–C) groups is 1. The molecule has 1 aliphatic heterocycles. The number of ether oxygens (including phenoxy) is 1. The number of hydrogen-bond acceptors (Lipinski definition) is 4. The highest BCUT2D eigenvalue weighted by Gasteiger charge is 2.25. The lowest BCUT2D eigenvalue weighted by molar-refractivity contribution is 0.161. The number of rotatable bonds is 7. The van der Waals surface area contributed by atoms with E-state index in [1.165, 1.54) is 24.8 Å². The molecule has 1 unspecified atom stereocenters. The molecular weight excluding hydrogens is 352 g/mol. The van der Waals surface area contributed by atoms with Crippen molar-refractivity contribution in [3.63, 3.8) is 0 Å². The molecule has 1 atom stereocenters. The zero-order valence-corrected chi connectivity index (χ0v) is 17.2. The quantitative estimate of drug-likeness (QED) is 0.567. The Balaban J connectivity index is 1.68. The summed E-state index contributed by atoms with van der Waals surface area (Å²) in [7, 11) is 5.49. The second-order valence-corrected chi connectivity index (χ2v) is 7.11. The van der Waals surface area contributed by atoms with Crippen molar-refractivity contribution >= 4 is 5.96 Å². The van der Waals surface area contributed by atoms with Gasteiger partial charge in [-0.25, -0.2) is 0 Å². The summed E-state index contributed by atoms with van der Waals surface area (Å²) in [4.78, 5) is 6.94. The van der Waals surface area contributed by atoms with Crippen LogP contribution in [0.3, 0.4) is 0 Å². The van der Waals surface area contributed by atoms with Gasteiger partial charge in [-0.3, -0.25) is 14.6 Å². The molecule has 1 saturated heterocycles. The van der Waals surface area contributed by atoms with Crippen LogP contribution in [0.1, 0.15) is 36.6 Å². The number of nitrogens with zero attached hydrogens (tertiary/aromatic N) is 4. The van der Waals surface area contributed by atoms with Gasteiger partial charge in [-0.1, -0.05) is 24.6 Å². The number of hydrogen-bond donors (Lipinski definition) is 2. The van der Waals surface area contributed by atoms with E-state index in [0.717, 1.165) is 37.0 Å². The Labute approximate surface area is 167 Å². The average molecular weight is 385 g/mol. The van der Waals surface area contributed by atoms with E-state index in [0.29, 0.717) is 6.54 Å². The number of aryl methyl sites for hydroxylation is 1. The van der Waals surface area contributed by atoms with Crippen molar-refractivity contribution in [2.75, 3.05) is 33.8 Å². The lowest BCUT2D eigenvalue weighted by Crippen LogP contribution is -2.44. The molecule has 7 heteroatoms. The lowest BCUT2D eigenvalue weighted by atomic mass is 10.0. The average Bonchev–Trinajstić information content (AvgIpc) is 3.16. The van der Waals surface area contributed by atoms with E-state index in [-0.39, 0.29) is 6.04 Å². The SMILES string of the molecule is CN=C(NCc1ccnn1C)NCC(c1ccccc1OC)N1CCCCC1. The number of guanidine groups is 1. The maximum Gasteiger partial charge on any atom is 0.191 e. The second kappa shape index (κ2) is 10.1. The Morgan fingerprint density at radius 1 is 1.18 bits per heavy atom. The molecule has 0 aliphatic carbocycles. The first-order chi connectivity index (χ1) is 13.7. The number of likely N-dealkylation sites (tertiary alicyclic amines) is 1. The van der Waals surface area contributed by atoms with Gasteiger partial charge in [0.05, 0.1) is 25.4 Å². The monoisotopic (exact) mass is 384 g/mol. The fourth-order valence-electron chi connectivity index (χ4n) is 3.77. The van der Waals surface area contributed by atoms with Crippen LogP contribution >= 0.6 is 0 Å². The first-order valence-electron chi connectivity index (χ1n) is 10.0. The molecule has 1 aromatic heterocycles. The Hall–Kier alpha value is -2.54. The molecule has 0 bridgehead atoms. The molecule has 0 radical (unpaired) electrons. The van der Waals surface area contributed by atoms with Crippen LogP contribution in [0.2, 0.25) is 0 Å². The molecule has 2 N–H and O–H groups in total. The topological polar surface area (TPSA) is 66.7 Å². The van der Waals surface area contributed by atoms with Crippen LogP contribution in [0.4, 0.5) is 0 Å². The van der Waals surface area contributed by atoms with Crippen LogP contribution in [0.5, 0.6) is 5.75 Å². The van der Waals surface area contributed by atoms with Crippen molar-refractivity contribution in [2.45, 2.75) is 31.8 Å². The van der Waals surface area contributed by atoms with Crippen LogP contribution < -0.4 is 15.4 Å². The number of nitrogens with one attached hydrogen (secondary N) is 2. The van der Waals surface area contributed by atoms with Crippen molar-refractivity contribution in [1.82, 2.24) is 25.3 Å². The summed E-state index contributed by atoms with van der Waals surface area (Å²) in [5.41, 5.74) is 2.33. The fourth-order valence-corrected chi connectivity index (χ4v) is 3.77. The molecule has 2 aromatic rings. The maximum absolute atomic E-state index is 5.65. The largest absolute Gasteiger partial charge is 0.496 e. The highest BCUT2D eigenvalue weighted by atomic mass is 16.5. The maximum atomic E-state index is 5.65. The van der Waals surface area contributed by atoms with Gasteiger partial charge in [0, 0.05) is 32.4 Å². The summed E-state index contributed by atoms with van der Waals surface area (Å²) in [6, 6.07) is 10.6. The summed E-state index contributed by atoms with van der Waals surface area (Å²) in [6.07, 6.45) is 5.62. The zero-order chi connectivity index (χ0) is 19.8. The van der Waals surface area contributed by atoms with Gasteiger partial charge in [0.1, 0.15) is 5.75 Å². The molecule has 1 fully saturated rings. The third kappa shape index (κ3) is 5.04. The van der Waals surface area contributed by atoms with Gasteiger partial charge in [-0.15, -0.1) is 0 Å². The predicted octanol–water partition coefficient (Wildman–Crippen LogP) is 2.32. The predicted molar refractivity (Wildman–Crippen MR) is 113 cm³/mol. The van der Waals surface area contributed by atoms with E-state index in [9.17, 15) is 0 Å². The highest BCUT2D eigenvalue weighted by molar-refractivity contribution is 5.79. The molecular formula is C21H32N6O. The summed E-state index contributed by atoms with van der Waals surface area (Å²) in [5.74, 6) is 1.73. The molecule has 1 aromatic carbocycles. The van der Waals surface area contributed by atoms with Crippen LogP contribution in [-0.2, 0) is 13.6 Å². The van der Waals surface area contributed by atoms with Crippen molar-refractivity contribution in [2.24, 2.45) is 12.0 Å². The summed E-state index contributed by atoms with van der Waals surface area (Å²) < 4.78 is 7.52. The van der Waals surface area contributed by atoms with E-state index in [1.807, 2.05) is 29.9 Å². The van der Waals surface area contributed by atoms with E-state index >= 15 is 0 Å². The van der Waals surface area contributed by atoms with Gasteiger partial charge in [-0.2, -0.15) is 5.10 Å². The standard InChI is InChI=1S/C21H32N6O/c1-22-21(23-15-17-11-12-25-26(17)2)24-16-19(27-13-7-4-8-14-27)18-9-5-6-10-20(18)28-3/h5-6,9-12,19H,4,7-8,13-16H2,1-3H3,(H2,22,23,24). The number of methoxy groups -OCH3 is 1. The van der Waals surface area contributed by atoms with Crippen LogP contribution in [0.15, 0.2) is 41.5 Å². The van der Waals surface area contributed by atoms with Gasteiger partial charge in [0.15, 0.2) is 5.96 Å². The zero-order valence-electron chi connectivity index (χ0n) is 17.2. The number of piperidine rings is 1. The molecule has 2 heterocycles. The minimum atomic E-state index is 0.242. The summed E-state index contributed by atoms with van der Waals surface area (Å²) in [6.45, 7) is 3.68. The number of aromatic nitrogens is 2. The molecule has 0 saturated carbocycles. The molecule has 7 nitrogen and oxygen atoms in total. The van der Waals surface area contributed by atoms with Gasteiger partial charge in [0.25, 0.3) is 0 Å². The van der Waals surface area contributed by atoms with E-state index in [1.54, 1.807) is 20.4 Å². The molecule has 152 valence electrons. The normalized spacial score (nSPS) is 16.6. The Morgan fingerprint density at radius 2 is 1.96 bits per heavy atom. The third-order valence-electron chi connectivity index (χ3n) is 5.38. The lowest BCUT2D eigenvalue weighted by Gasteiger charge is -2.35. The van der Waals surface area contributed by atoms with Gasteiger partial charge < -0.3 is 15.4 Å². The Morgan fingerprint density at radius 3 is 2.64 bits per heavy atom. The first-order valence-corrected chi connectivity index (χ1v) is 10.0. The minimum Gasteiger partial charge on any atom is -0.496 e. The molecule has 0 spiro atoms. The molecule has 1 aliphatic rings. The minimum absolute atomic E-state index is 0.242. The summed E-state index contributed by atoms with van der Waals surface area (Å²) in [5, 5.41) is 11.1. The van der Waals surface area contributed by atoms with Crippen molar-refractivity contribution < 1.29 is 4.74 Å². The van der Waals surface area contributed by atoms with Crippen LogP contribution in [-0.4, -0.2) is 54.4 Å². The number of benzene rings is 1. The second-order valence-electron chi connectivity index (χ2n) is 7.11. The smallest absolute Gasteiger partial charge is 0.191 e. The van der Waals surface area contributed by atoms with Gasteiger partial charge in [0.2, 0.25) is 0 Å². The molecule has 28 heavy (non-hydrogen) atoms. The van der Waals surface area contributed by atoms with Crippen molar-refractivity contribution in [3.8, 4) is 5.75 Å². The first kappa shape index (κ1) is 20.2. The van der Waals surface area contributed by atoms with E-state index in [4.69, 9.17) is 4.74 Å². The van der Waals surface area contributed by atoms with Crippen molar-refractivity contribution in [1.29, 1.82) is 0 Å². The van der Waals surface area contributed by atoms with E-state index < -0.39 is 0 Å². The van der Waals surface area contributed by atoms with Gasteiger partial charge >= 0.3 is 0 Å². The molecule has 0 amide bonds. The Bertz CT molecular complexity index is 766.